The number of hydrogen-bond donors (Lipinski definition) is 1. The smallest absolute Gasteiger partial charge is 0.398 e. The second-order valence-electron chi connectivity index (χ2n) is 4.87. The summed E-state index contributed by atoms with van der Waals surface area (Å²) in [6.45, 7) is 0.641. The molecule has 2 N–H and O–H groups in total. The first kappa shape index (κ1) is 13.2. The first-order valence-electron chi connectivity index (χ1n) is 6.43. The molecule has 1 fully saturated rings. The number of nitrogens with two attached hydrogens (primary N) is 1. The van der Waals surface area contributed by atoms with Gasteiger partial charge in [-0.05, 0) is 31.4 Å². The molecule has 0 aliphatic carbocycles. The second kappa shape index (κ2) is 4.66. The Morgan fingerprint density at radius 3 is 2.75 bits per heavy atom. The van der Waals surface area contributed by atoms with E-state index in [-0.39, 0.29) is 11.9 Å². The van der Waals surface area contributed by atoms with Crippen LogP contribution in [0.4, 0.5) is 18.9 Å². The molecule has 0 unspecified atom stereocenters. The van der Waals surface area contributed by atoms with Crippen LogP contribution >= 0.6 is 0 Å². The van der Waals surface area contributed by atoms with Crippen LogP contribution in [0.15, 0.2) is 18.3 Å². The lowest BCUT2D eigenvalue weighted by Gasteiger charge is -2.23. The molecular weight excluding hydrogens is 271 g/mol. The molecule has 0 spiro atoms. The van der Waals surface area contributed by atoms with Gasteiger partial charge in [0.25, 0.3) is 0 Å². The molecule has 0 saturated carbocycles. The number of rotatable bonds is 1. The summed E-state index contributed by atoms with van der Waals surface area (Å²) >= 11 is 0. The van der Waals surface area contributed by atoms with Crippen molar-refractivity contribution in [3.63, 3.8) is 0 Å². The van der Waals surface area contributed by atoms with E-state index in [1.165, 1.54) is 12.3 Å². The van der Waals surface area contributed by atoms with Crippen LogP contribution in [0.2, 0.25) is 0 Å². The number of nitrogen functional groups attached to an aromatic ring is 1. The average Bonchev–Trinajstić information content (AvgIpc) is 2.83. The standard InChI is InChI=1S/C13H14F3N3O/c14-13(15,16)9-4-5-10-8(12(9)17)7-18-19(10)11-3-1-2-6-20-11/h4-5,7,11H,1-3,6,17H2/t11-/m0/s1. The second-order valence-corrected chi connectivity index (χ2v) is 4.87. The zero-order valence-electron chi connectivity index (χ0n) is 10.7. The minimum absolute atomic E-state index is 0.225. The van der Waals surface area contributed by atoms with Gasteiger partial charge in [-0.25, -0.2) is 4.68 Å². The zero-order chi connectivity index (χ0) is 14.3. The fourth-order valence-electron chi connectivity index (χ4n) is 2.54. The molecule has 3 rings (SSSR count). The van der Waals surface area contributed by atoms with Gasteiger partial charge in [0.1, 0.15) is 0 Å². The molecule has 0 bridgehead atoms. The molecule has 1 aromatic heterocycles. The van der Waals surface area contributed by atoms with Crippen molar-refractivity contribution in [2.24, 2.45) is 0 Å². The van der Waals surface area contributed by atoms with Crippen molar-refractivity contribution in [3.05, 3.63) is 23.9 Å². The summed E-state index contributed by atoms with van der Waals surface area (Å²) in [5.41, 5.74) is 5.10. The topological polar surface area (TPSA) is 53.1 Å². The number of alkyl halides is 3. The lowest BCUT2D eigenvalue weighted by molar-refractivity contribution is -0.136. The Labute approximate surface area is 113 Å². The molecule has 7 heteroatoms. The number of benzene rings is 1. The third kappa shape index (κ3) is 2.11. The highest BCUT2D eigenvalue weighted by Crippen LogP contribution is 2.38. The molecule has 4 nitrogen and oxygen atoms in total. The van der Waals surface area contributed by atoms with E-state index in [1.54, 1.807) is 4.68 Å². The summed E-state index contributed by atoms with van der Waals surface area (Å²) in [4.78, 5) is 0. The predicted octanol–water partition coefficient (Wildman–Crippen LogP) is 3.34. The molecule has 1 aliphatic rings. The van der Waals surface area contributed by atoms with E-state index in [4.69, 9.17) is 10.5 Å². The SMILES string of the molecule is Nc1c(C(F)(F)F)ccc2c1cnn2[C@@H]1CCCCO1. The minimum atomic E-state index is -4.46. The van der Waals surface area contributed by atoms with Crippen LogP contribution in [0.5, 0.6) is 0 Å². The molecule has 1 aliphatic heterocycles. The van der Waals surface area contributed by atoms with E-state index in [1.807, 2.05) is 0 Å². The van der Waals surface area contributed by atoms with Gasteiger partial charge < -0.3 is 10.5 Å². The van der Waals surface area contributed by atoms with Crippen molar-refractivity contribution in [1.29, 1.82) is 0 Å². The van der Waals surface area contributed by atoms with Crippen molar-refractivity contribution in [3.8, 4) is 0 Å². The van der Waals surface area contributed by atoms with Gasteiger partial charge in [-0.15, -0.1) is 0 Å². The number of anilines is 1. The molecule has 1 aromatic carbocycles. The lowest BCUT2D eigenvalue weighted by Crippen LogP contribution is -2.19. The van der Waals surface area contributed by atoms with Crippen molar-refractivity contribution in [2.45, 2.75) is 31.7 Å². The van der Waals surface area contributed by atoms with Crippen LogP contribution in [0.3, 0.4) is 0 Å². The molecule has 2 aromatic rings. The molecular formula is C13H14F3N3O. The van der Waals surface area contributed by atoms with E-state index < -0.39 is 11.7 Å². The van der Waals surface area contributed by atoms with E-state index in [0.29, 0.717) is 17.5 Å². The highest BCUT2D eigenvalue weighted by Gasteiger charge is 2.34. The Bertz CT molecular complexity index is 630. The highest BCUT2D eigenvalue weighted by molar-refractivity contribution is 5.92. The van der Waals surface area contributed by atoms with Gasteiger partial charge in [0, 0.05) is 12.0 Å². The van der Waals surface area contributed by atoms with Crippen LogP contribution in [-0.2, 0) is 10.9 Å². The van der Waals surface area contributed by atoms with E-state index in [0.717, 1.165) is 25.3 Å². The number of aromatic nitrogens is 2. The van der Waals surface area contributed by atoms with Gasteiger partial charge in [-0.1, -0.05) is 0 Å². The third-order valence-corrected chi connectivity index (χ3v) is 3.56. The van der Waals surface area contributed by atoms with Gasteiger partial charge in [-0.2, -0.15) is 18.3 Å². The van der Waals surface area contributed by atoms with Gasteiger partial charge >= 0.3 is 6.18 Å². The zero-order valence-corrected chi connectivity index (χ0v) is 10.7. The maximum atomic E-state index is 12.8. The molecule has 0 amide bonds. The molecule has 0 radical (unpaired) electrons. The van der Waals surface area contributed by atoms with Crippen LogP contribution in [0.25, 0.3) is 10.9 Å². The van der Waals surface area contributed by atoms with E-state index in [9.17, 15) is 13.2 Å². The van der Waals surface area contributed by atoms with Crippen molar-refractivity contribution in [1.82, 2.24) is 9.78 Å². The normalized spacial score (nSPS) is 20.4. The summed E-state index contributed by atoms with van der Waals surface area (Å²) in [6.07, 6.45) is -0.493. The van der Waals surface area contributed by atoms with Crippen LogP contribution in [0.1, 0.15) is 31.1 Å². The molecule has 108 valence electrons. The predicted molar refractivity (Wildman–Crippen MR) is 68.0 cm³/mol. The Kier molecular flexibility index (Phi) is 3.08. The number of nitrogens with zero attached hydrogens (tertiary/aromatic N) is 2. The van der Waals surface area contributed by atoms with Gasteiger partial charge in [0.05, 0.1) is 23.0 Å². The van der Waals surface area contributed by atoms with E-state index >= 15 is 0 Å². The maximum Gasteiger partial charge on any atom is 0.418 e. The van der Waals surface area contributed by atoms with Gasteiger partial charge in [0.2, 0.25) is 0 Å². The van der Waals surface area contributed by atoms with Crippen molar-refractivity contribution in [2.75, 3.05) is 12.3 Å². The number of ether oxygens (including phenoxy) is 1. The first-order chi connectivity index (χ1) is 9.48. The van der Waals surface area contributed by atoms with Crippen LogP contribution in [-0.4, -0.2) is 16.4 Å². The maximum absolute atomic E-state index is 12.8. The van der Waals surface area contributed by atoms with Crippen LogP contribution in [0, 0.1) is 0 Å². The summed E-state index contributed by atoms with van der Waals surface area (Å²) in [5.74, 6) is 0. The van der Waals surface area contributed by atoms with Gasteiger partial charge in [-0.3, -0.25) is 0 Å². The minimum Gasteiger partial charge on any atom is -0.398 e. The van der Waals surface area contributed by atoms with Gasteiger partial charge in [0.15, 0.2) is 6.23 Å². The van der Waals surface area contributed by atoms with Crippen LogP contribution < -0.4 is 5.73 Å². The molecule has 20 heavy (non-hydrogen) atoms. The number of hydrogen-bond acceptors (Lipinski definition) is 3. The monoisotopic (exact) mass is 285 g/mol. The lowest BCUT2D eigenvalue weighted by atomic mass is 10.1. The molecule has 1 atom stereocenters. The van der Waals surface area contributed by atoms with Crippen molar-refractivity contribution >= 4 is 16.6 Å². The quantitative estimate of drug-likeness (QED) is 0.818. The fourth-order valence-corrected chi connectivity index (χ4v) is 2.54. The third-order valence-electron chi connectivity index (χ3n) is 3.56. The van der Waals surface area contributed by atoms with E-state index in [2.05, 4.69) is 5.10 Å². The highest BCUT2D eigenvalue weighted by atomic mass is 19.4. The summed E-state index contributed by atoms with van der Waals surface area (Å²) < 4.78 is 45.6. The fraction of sp³-hybridized carbons (Fsp3) is 0.462. The van der Waals surface area contributed by atoms with Crippen molar-refractivity contribution < 1.29 is 17.9 Å². The average molecular weight is 285 g/mol. The number of halogens is 3. The Balaban J connectivity index is 2.08. The summed E-state index contributed by atoms with van der Waals surface area (Å²) in [7, 11) is 0. The Hall–Kier alpha value is -1.76. The number of fused-ring (bicyclic) bond motifs is 1. The first-order valence-corrected chi connectivity index (χ1v) is 6.43. The summed E-state index contributed by atoms with van der Waals surface area (Å²) in [6, 6.07) is 2.40. The molecule has 1 saturated heterocycles. The summed E-state index contributed by atoms with van der Waals surface area (Å²) in [5, 5.41) is 4.46. The molecule has 2 heterocycles. The Morgan fingerprint density at radius 2 is 2.10 bits per heavy atom. The Morgan fingerprint density at radius 1 is 1.30 bits per heavy atom. The largest absolute Gasteiger partial charge is 0.418 e.